The maximum Gasteiger partial charge on any atom is 0.333 e. The number of allylic oxidation sites excluding steroid dienone is 2. The van der Waals surface area contributed by atoms with Crippen molar-refractivity contribution in [1.29, 1.82) is 0 Å². The van der Waals surface area contributed by atoms with Crippen molar-refractivity contribution in [3.63, 3.8) is 0 Å². The van der Waals surface area contributed by atoms with Crippen molar-refractivity contribution in [2.45, 2.75) is 161 Å². The zero-order valence-corrected chi connectivity index (χ0v) is 52.4. The molecule has 1 fully saturated rings. The summed E-state index contributed by atoms with van der Waals surface area (Å²) in [5.41, 5.74) is -1.74. The molecular formula is C54H91N11O17S. The number of ether oxygens (including phenoxy) is 2. The molecule has 0 aliphatic carbocycles. The van der Waals surface area contributed by atoms with Crippen molar-refractivity contribution in [2.75, 3.05) is 69.3 Å². The zero-order valence-electron chi connectivity index (χ0n) is 51.6. The quantitative estimate of drug-likeness (QED) is 0.0518. The van der Waals surface area contributed by atoms with Crippen LogP contribution < -0.4 is 21.3 Å². The van der Waals surface area contributed by atoms with Gasteiger partial charge in [-0.1, -0.05) is 53.7 Å². The lowest BCUT2D eigenvalue weighted by molar-refractivity contribution is -0.159. The Hall–Kier alpha value is -6.88. The molecule has 83 heavy (non-hydrogen) atoms. The first kappa shape index (κ1) is 74.1. The number of likely N-dealkylation sites (N-methyl/N-ethyl adjacent to an activating group) is 6. The highest BCUT2D eigenvalue weighted by Gasteiger charge is 2.46. The van der Waals surface area contributed by atoms with Gasteiger partial charge in [0, 0.05) is 55.8 Å². The van der Waals surface area contributed by atoms with Gasteiger partial charge in [0.2, 0.25) is 23.6 Å². The van der Waals surface area contributed by atoms with Crippen LogP contribution in [-0.2, 0) is 52.6 Å². The molecule has 29 heteroatoms. The van der Waals surface area contributed by atoms with Crippen LogP contribution >= 0.6 is 11.8 Å². The second-order valence-corrected chi connectivity index (χ2v) is 23.3. The van der Waals surface area contributed by atoms with Gasteiger partial charge in [0.1, 0.15) is 36.3 Å². The minimum absolute atomic E-state index is 0.0208. The minimum Gasteiger partial charge on any atom is -0.468 e. The topological polar surface area (TPSA) is 352 Å². The number of methoxy groups -OCH3 is 2. The van der Waals surface area contributed by atoms with Crippen LogP contribution in [0.25, 0.3) is 0 Å². The summed E-state index contributed by atoms with van der Waals surface area (Å²) in [5, 5.41) is 30.2. The smallest absolute Gasteiger partial charge is 0.333 e. The minimum atomic E-state index is -1.74. The highest BCUT2D eigenvalue weighted by Crippen LogP contribution is 2.27. The largest absolute Gasteiger partial charge is 0.468 e. The van der Waals surface area contributed by atoms with E-state index < -0.39 is 155 Å². The van der Waals surface area contributed by atoms with Crippen LogP contribution in [0.5, 0.6) is 0 Å². The first-order valence-electron chi connectivity index (χ1n) is 27.3. The van der Waals surface area contributed by atoms with E-state index in [4.69, 9.17) is 9.47 Å². The van der Waals surface area contributed by atoms with E-state index in [1.165, 1.54) is 55.9 Å². The van der Waals surface area contributed by atoms with Crippen LogP contribution in [0.2, 0.25) is 0 Å². The Bertz CT molecular complexity index is 2370. The van der Waals surface area contributed by atoms with Crippen molar-refractivity contribution >= 4 is 89.2 Å². The van der Waals surface area contributed by atoms with Gasteiger partial charge in [-0.15, -0.1) is 11.8 Å². The Morgan fingerprint density at radius 2 is 1.23 bits per heavy atom. The van der Waals surface area contributed by atoms with Crippen LogP contribution in [0, 0.1) is 23.7 Å². The Morgan fingerprint density at radius 3 is 1.72 bits per heavy atom. The number of thioether (sulfide) groups is 1. The molecule has 1 heterocycles. The lowest BCUT2D eigenvalue weighted by Gasteiger charge is -2.41. The summed E-state index contributed by atoms with van der Waals surface area (Å²) in [7, 11) is 10.3. The molecule has 15 amide bonds. The molecule has 0 spiro atoms. The molecule has 0 bridgehead atoms. The fourth-order valence-electron chi connectivity index (χ4n) is 9.05. The van der Waals surface area contributed by atoms with Gasteiger partial charge in [-0.25, -0.2) is 24.1 Å². The summed E-state index contributed by atoms with van der Waals surface area (Å²) in [5.74, 6) is -11.6. The first-order chi connectivity index (χ1) is 38.4. The van der Waals surface area contributed by atoms with E-state index in [1.54, 1.807) is 53.7 Å². The summed E-state index contributed by atoms with van der Waals surface area (Å²) in [4.78, 5) is 187. The molecule has 1 aliphatic heterocycles. The normalized spacial score (nSPS) is 23.8. The van der Waals surface area contributed by atoms with Crippen LogP contribution in [-0.4, -0.2) is 245 Å². The number of nitrogens with zero attached hydrogens (tertiary/aromatic N) is 7. The average Bonchev–Trinajstić information content (AvgIpc) is 3.55. The highest BCUT2D eigenvalue weighted by atomic mass is 32.2. The lowest BCUT2D eigenvalue weighted by Crippen LogP contribution is -2.63. The molecule has 470 valence electrons. The van der Waals surface area contributed by atoms with Gasteiger partial charge < -0.3 is 54.8 Å². The summed E-state index contributed by atoms with van der Waals surface area (Å²) in [6, 6.07) is -14.4. The van der Waals surface area contributed by atoms with Crippen molar-refractivity contribution in [3.8, 4) is 0 Å². The molecule has 0 radical (unpaired) electrons. The van der Waals surface area contributed by atoms with E-state index in [1.807, 2.05) is 10.6 Å². The molecule has 0 aromatic carbocycles. The van der Waals surface area contributed by atoms with Crippen LogP contribution in [0.15, 0.2) is 12.2 Å². The van der Waals surface area contributed by atoms with Gasteiger partial charge in [0.25, 0.3) is 17.7 Å². The number of carbonyl (C=O) groups excluding carboxylic acids is 13. The number of hydrogen-bond acceptors (Lipinski definition) is 18. The standard InChI is InChI=1S/C54H91N11O17S/c1-20-22-24-31(7)39(66)38-41(68)56-34(21-2)43(70)63(15)47(83-26-23-25-33(48(74)81-18)49(75)82-19)46(73)59(11)36(28-54(9,10)80)40(67)57-51(77)65(17)52(78)58-50(76)55-32(8)42(69)64(16)53(79)60(12)35(27-29(3)4)44(71)61(13)37(30(5)6)45(72)62(38)14/h20,22,29-39,47,66,80H,21,23-28H2,1-19H3,(H,56,68)(H,57,67,77)(H2,55,58,76,78)/b22-20+/t31-,32-,34+,35+,36+,37+,38+,39-,47-/m1/s1. The second-order valence-electron chi connectivity index (χ2n) is 22.1. The molecule has 9 atom stereocenters. The fourth-order valence-corrected chi connectivity index (χ4v) is 10.2. The van der Waals surface area contributed by atoms with E-state index in [0.29, 0.717) is 4.90 Å². The van der Waals surface area contributed by atoms with Gasteiger partial charge in [-0.3, -0.25) is 58.7 Å². The molecule has 0 aromatic rings. The molecule has 6 N–H and O–H groups in total. The Labute approximate surface area is 491 Å². The van der Waals surface area contributed by atoms with E-state index in [0.717, 1.165) is 71.6 Å². The van der Waals surface area contributed by atoms with Crippen molar-refractivity contribution in [3.05, 3.63) is 12.2 Å². The number of amides is 15. The van der Waals surface area contributed by atoms with Gasteiger partial charge >= 0.3 is 36.1 Å². The van der Waals surface area contributed by atoms with Crippen LogP contribution in [0.3, 0.4) is 0 Å². The monoisotopic (exact) mass is 1200 g/mol. The number of aliphatic hydroxyl groups excluding tert-OH is 1. The van der Waals surface area contributed by atoms with E-state index >= 15 is 4.79 Å². The Balaban J connectivity index is 4.35. The molecule has 0 unspecified atom stereocenters. The first-order valence-corrected chi connectivity index (χ1v) is 28.3. The van der Waals surface area contributed by atoms with Crippen molar-refractivity contribution < 1.29 is 82.0 Å². The molecule has 1 rings (SSSR count). The second kappa shape index (κ2) is 33.4. The molecular weight excluding hydrogens is 1110 g/mol. The molecule has 1 saturated heterocycles. The van der Waals surface area contributed by atoms with Gasteiger partial charge in [0.05, 0.1) is 25.9 Å². The van der Waals surface area contributed by atoms with Gasteiger partial charge in [-0.2, -0.15) is 0 Å². The summed E-state index contributed by atoms with van der Waals surface area (Å²) >= 11 is 0.816. The predicted octanol–water partition coefficient (Wildman–Crippen LogP) is 1.32. The van der Waals surface area contributed by atoms with E-state index in [2.05, 4.69) is 10.6 Å². The third-order valence-corrected chi connectivity index (χ3v) is 15.5. The van der Waals surface area contributed by atoms with Crippen LogP contribution in [0.1, 0.15) is 108 Å². The number of carbonyl (C=O) groups is 13. The third-order valence-electron chi connectivity index (χ3n) is 14.1. The van der Waals surface area contributed by atoms with Crippen LogP contribution in [0.4, 0.5) is 19.2 Å². The third kappa shape index (κ3) is 20.8. The lowest BCUT2D eigenvalue weighted by atomic mass is 9.91. The number of rotatable bonds is 17. The molecule has 0 saturated carbocycles. The molecule has 0 aromatic heterocycles. The van der Waals surface area contributed by atoms with Gasteiger partial charge in [0.15, 0.2) is 11.3 Å². The number of aliphatic hydroxyl groups is 2. The SMILES string of the molecule is C/C=C/C[C@@H](C)[C@@H](O)[C@H]1C(=O)N[C@@H](CC)C(=O)N(C)[C@H](SCCCC(C(=O)OC)C(=O)OC)C(=O)N(C)[C@@H](CC(C)(C)O)C(=O)NC(=O)N(C)C(=O)NC(=O)N[C@H](C)C(=O)N(C)C(=O)N(C)[C@@H](CC(C)C)C(=O)N(C)[C@@H](C(C)C)C(=O)N1C. The summed E-state index contributed by atoms with van der Waals surface area (Å²) < 4.78 is 9.54. The molecule has 1 aliphatic rings. The van der Waals surface area contributed by atoms with E-state index in [9.17, 15) is 67.7 Å². The fraction of sp³-hybridized carbons (Fsp3) is 0.722. The number of urea groups is 4. The number of imide groups is 4. The zero-order chi connectivity index (χ0) is 64.3. The maximum absolute atomic E-state index is 15.0. The Kier molecular flexibility index (Phi) is 29.9. The number of esters is 2. The van der Waals surface area contributed by atoms with E-state index in [-0.39, 0.29) is 48.7 Å². The maximum atomic E-state index is 15.0. The summed E-state index contributed by atoms with van der Waals surface area (Å²) in [6.07, 6.45) is 1.29. The van der Waals surface area contributed by atoms with Gasteiger partial charge in [-0.05, 0) is 83.3 Å². The number of hydrogen-bond donors (Lipinski definition) is 6. The summed E-state index contributed by atoms with van der Waals surface area (Å²) in [6.45, 7) is 15.5. The molecule has 28 nitrogen and oxygen atoms in total. The van der Waals surface area contributed by atoms with Crippen molar-refractivity contribution in [2.24, 2.45) is 23.7 Å². The Morgan fingerprint density at radius 1 is 0.687 bits per heavy atom. The number of nitrogens with one attached hydrogen (secondary N) is 4. The highest BCUT2D eigenvalue weighted by molar-refractivity contribution is 8.00. The predicted molar refractivity (Wildman–Crippen MR) is 305 cm³/mol. The van der Waals surface area contributed by atoms with Crippen molar-refractivity contribution in [1.82, 2.24) is 55.6 Å². The average molecular weight is 1200 g/mol.